The molecule has 160 valence electrons. The Labute approximate surface area is 181 Å². The summed E-state index contributed by atoms with van der Waals surface area (Å²) >= 11 is 0. The molecule has 0 unspecified atom stereocenters. The Bertz CT molecular complexity index is 1100. The Morgan fingerprint density at radius 3 is 2.65 bits per heavy atom. The van der Waals surface area contributed by atoms with Crippen molar-refractivity contribution in [2.24, 2.45) is 0 Å². The molecule has 2 aromatic carbocycles. The highest BCUT2D eigenvalue weighted by molar-refractivity contribution is 6.00. The summed E-state index contributed by atoms with van der Waals surface area (Å²) in [5.74, 6) is 0.511. The van der Waals surface area contributed by atoms with E-state index in [1.807, 2.05) is 17.0 Å². The molecule has 1 saturated heterocycles. The number of carbonyl (C=O) groups is 1. The Morgan fingerprint density at radius 2 is 1.97 bits per heavy atom. The molecular weight excluding hydrogens is 390 g/mol. The molecule has 6 nitrogen and oxygen atoms in total. The maximum Gasteiger partial charge on any atom is 0.273 e. The Balaban J connectivity index is 1.62. The molecule has 2 aliphatic heterocycles. The summed E-state index contributed by atoms with van der Waals surface area (Å²) in [4.78, 5) is 15.3. The number of amides is 1. The average Bonchev–Trinajstić information content (AvgIpc) is 3.49. The van der Waals surface area contributed by atoms with Crippen molar-refractivity contribution in [3.8, 4) is 17.0 Å². The molecule has 0 saturated carbocycles. The predicted octanol–water partition coefficient (Wildman–Crippen LogP) is 4.63. The fourth-order valence-electron chi connectivity index (χ4n) is 4.68. The minimum atomic E-state index is -0.277. The number of hydrogen-bond acceptors (Lipinski definition) is 4. The predicted molar refractivity (Wildman–Crippen MR) is 118 cm³/mol. The number of nitrogens with zero attached hydrogens (tertiary/aromatic N) is 2. The highest BCUT2D eigenvalue weighted by atomic mass is 16.5. The second-order valence-corrected chi connectivity index (χ2v) is 8.69. The van der Waals surface area contributed by atoms with Gasteiger partial charge in [0.2, 0.25) is 0 Å². The van der Waals surface area contributed by atoms with Crippen molar-refractivity contribution in [1.29, 1.82) is 0 Å². The van der Waals surface area contributed by atoms with Gasteiger partial charge in [0.05, 0.1) is 12.1 Å². The topological polar surface area (TPSA) is 78.5 Å². The van der Waals surface area contributed by atoms with Crippen molar-refractivity contribution in [1.82, 2.24) is 15.1 Å². The van der Waals surface area contributed by atoms with Gasteiger partial charge in [-0.1, -0.05) is 50.2 Å². The Morgan fingerprint density at radius 1 is 1.19 bits per heavy atom. The summed E-state index contributed by atoms with van der Waals surface area (Å²) in [5.41, 5.74) is 4.85. The van der Waals surface area contributed by atoms with E-state index in [1.54, 1.807) is 12.1 Å². The number of benzene rings is 2. The number of nitrogens with one attached hydrogen (secondary N) is 1. The lowest BCUT2D eigenvalue weighted by molar-refractivity contribution is 0.0495. The first-order chi connectivity index (χ1) is 15.0. The van der Waals surface area contributed by atoms with Crippen LogP contribution in [0, 0.1) is 0 Å². The molecular formula is C25H27N3O3. The number of fused-ring (bicyclic) bond motifs is 1. The number of phenolic OH excluding ortho intramolecular Hbond substituents is 1. The third kappa shape index (κ3) is 3.41. The van der Waals surface area contributed by atoms with Gasteiger partial charge in [0.15, 0.2) is 0 Å². The van der Waals surface area contributed by atoms with Crippen molar-refractivity contribution in [2.45, 2.75) is 44.8 Å². The third-order valence-electron chi connectivity index (χ3n) is 6.37. The SMILES string of the molecule is CC(C)c1ccc([C@@H]2c3c(-c4ccccc4O)n[nH]c3C(=O)N2C[C@@H]2CCCO2)cc1. The number of carbonyl (C=O) groups excluding carboxylic acids is 1. The van der Waals surface area contributed by atoms with E-state index in [1.165, 1.54) is 5.56 Å². The number of rotatable bonds is 5. The van der Waals surface area contributed by atoms with Gasteiger partial charge in [-0.15, -0.1) is 0 Å². The molecule has 2 aliphatic rings. The standard InChI is InChI=1S/C25H27N3O3/c1-15(2)16-9-11-17(12-10-16)24-21-22(19-7-3-4-8-20(19)29)26-27-23(21)25(30)28(24)14-18-6-5-13-31-18/h3-4,7-12,15,18,24,29H,5-6,13-14H2,1-2H3,(H,26,27)/t18-,24+/m0/s1. The zero-order chi connectivity index (χ0) is 21.5. The average molecular weight is 418 g/mol. The number of phenols is 1. The number of aromatic hydroxyl groups is 1. The molecule has 3 heterocycles. The summed E-state index contributed by atoms with van der Waals surface area (Å²) in [6.07, 6.45) is 2.03. The molecule has 0 bridgehead atoms. The van der Waals surface area contributed by atoms with E-state index in [0.717, 1.165) is 30.6 Å². The molecule has 6 heteroatoms. The van der Waals surface area contributed by atoms with E-state index in [-0.39, 0.29) is 23.8 Å². The minimum absolute atomic E-state index is 0.0481. The maximum atomic E-state index is 13.4. The number of aromatic amines is 1. The van der Waals surface area contributed by atoms with E-state index in [0.29, 0.717) is 29.4 Å². The number of hydrogen-bond donors (Lipinski definition) is 2. The summed E-state index contributed by atoms with van der Waals surface area (Å²) in [5, 5.41) is 17.9. The fourth-order valence-corrected chi connectivity index (χ4v) is 4.68. The maximum absolute atomic E-state index is 13.4. The van der Waals surface area contributed by atoms with E-state index in [2.05, 4.69) is 48.3 Å². The van der Waals surface area contributed by atoms with Gasteiger partial charge in [0, 0.05) is 24.3 Å². The van der Waals surface area contributed by atoms with Crippen molar-refractivity contribution in [3.63, 3.8) is 0 Å². The lowest BCUT2D eigenvalue weighted by Gasteiger charge is -2.28. The molecule has 1 fully saturated rings. The molecule has 3 aromatic rings. The normalized spacial score (nSPS) is 20.6. The van der Waals surface area contributed by atoms with Gasteiger partial charge in [0.25, 0.3) is 5.91 Å². The number of aromatic nitrogens is 2. The van der Waals surface area contributed by atoms with Crippen LogP contribution in [-0.4, -0.2) is 45.4 Å². The van der Waals surface area contributed by atoms with Gasteiger partial charge in [-0.25, -0.2) is 0 Å². The van der Waals surface area contributed by atoms with Crippen LogP contribution >= 0.6 is 0 Å². The second kappa shape index (κ2) is 7.85. The van der Waals surface area contributed by atoms with Crippen molar-refractivity contribution < 1.29 is 14.6 Å². The first-order valence-corrected chi connectivity index (χ1v) is 10.9. The van der Waals surface area contributed by atoms with Crippen LogP contribution < -0.4 is 0 Å². The van der Waals surface area contributed by atoms with Crippen LogP contribution in [0.3, 0.4) is 0 Å². The van der Waals surface area contributed by atoms with Crippen LogP contribution in [0.15, 0.2) is 48.5 Å². The van der Waals surface area contributed by atoms with Gasteiger partial charge < -0.3 is 14.7 Å². The molecule has 2 atom stereocenters. The summed E-state index contributed by atoms with van der Waals surface area (Å²) < 4.78 is 5.85. The number of para-hydroxylation sites is 1. The van der Waals surface area contributed by atoms with Crippen LogP contribution in [0.2, 0.25) is 0 Å². The highest BCUT2D eigenvalue weighted by Crippen LogP contribution is 2.44. The lowest BCUT2D eigenvalue weighted by atomic mass is 9.93. The zero-order valence-electron chi connectivity index (χ0n) is 17.8. The van der Waals surface area contributed by atoms with Gasteiger partial charge >= 0.3 is 0 Å². The smallest absolute Gasteiger partial charge is 0.273 e. The Hall–Kier alpha value is -3.12. The molecule has 1 amide bonds. The third-order valence-corrected chi connectivity index (χ3v) is 6.37. The van der Waals surface area contributed by atoms with Crippen molar-refractivity contribution in [2.75, 3.05) is 13.2 Å². The van der Waals surface area contributed by atoms with Crippen LogP contribution in [0.5, 0.6) is 5.75 Å². The van der Waals surface area contributed by atoms with E-state index >= 15 is 0 Å². The highest BCUT2D eigenvalue weighted by Gasteiger charge is 2.43. The van der Waals surface area contributed by atoms with Crippen LogP contribution in [0.25, 0.3) is 11.3 Å². The van der Waals surface area contributed by atoms with Crippen LogP contribution in [-0.2, 0) is 4.74 Å². The van der Waals surface area contributed by atoms with Crippen molar-refractivity contribution >= 4 is 5.91 Å². The second-order valence-electron chi connectivity index (χ2n) is 8.69. The molecule has 5 rings (SSSR count). The largest absolute Gasteiger partial charge is 0.507 e. The molecule has 2 N–H and O–H groups in total. The van der Waals surface area contributed by atoms with Gasteiger partial charge in [-0.3, -0.25) is 9.89 Å². The molecule has 31 heavy (non-hydrogen) atoms. The molecule has 1 aromatic heterocycles. The van der Waals surface area contributed by atoms with Crippen molar-refractivity contribution in [3.05, 3.63) is 70.9 Å². The molecule has 0 spiro atoms. The number of ether oxygens (including phenoxy) is 1. The Kier molecular flexibility index (Phi) is 5.02. The van der Waals surface area contributed by atoms with Gasteiger partial charge in [-0.05, 0) is 42.0 Å². The van der Waals surface area contributed by atoms with E-state index in [4.69, 9.17) is 4.74 Å². The summed E-state index contributed by atoms with van der Waals surface area (Å²) in [6, 6.07) is 15.3. The summed E-state index contributed by atoms with van der Waals surface area (Å²) in [7, 11) is 0. The van der Waals surface area contributed by atoms with Gasteiger partial charge in [0.1, 0.15) is 17.1 Å². The van der Waals surface area contributed by atoms with Gasteiger partial charge in [-0.2, -0.15) is 5.10 Å². The quantitative estimate of drug-likeness (QED) is 0.634. The molecule has 0 aliphatic carbocycles. The zero-order valence-corrected chi connectivity index (χ0v) is 17.8. The van der Waals surface area contributed by atoms with E-state index in [9.17, 15) is 9.90 Å². The first kappa shape index (κ1) is 19.8. The molecule has 0 radical (unpaired) electrons. The van der Waals surface area contributed by atoms with Crippen LogP contribution in [0.1, 0.15) is 65.8 Å². The number of H-pyrrole nitrogens is 1. The first-order valence-electron chi connectivity index (χ1n) is 10.9. The summed E-state index contributed by atoms with van der Waals surface area (Å²) in [6.45, 7) is 5.62. The monoisotopic (exact) mass is 417 g/mol. The minimum Gasteiger partial charge on any atom is -0.507 e. The fraction of sp³-hybridized carbons (Fsp3) is 0.360. The van der Waals surface area contributed by atoms with E-state index < -0.39 is 0 Å². The lowest BCUT2D eigenvalue weighted by Crippen LogP contribution is -2.36. The van der Waals surface area contributed by atoms with Crippen LogP contribution in [0.4, 0.5) is 0 Å².